The van der Waals surface area contributed by atoms with Crippen LogP contribution in [-0.4, -0.2) is 18.6 Å². The number of hydrogen-bond donors (Lipinski definition) is 1. The molecule has 0 aliphatic carbocycles. The van der Waals surface area contributed by atoms with Crippen molar-refractivity contribution in [3.05, 3.63) is 29.3 Å². The molecule has 3 heteroatoms. The first kappa shape index (κ1) is 13.7. The van der Waals surface area contributed by atoms with Gasteiger partial charge in [-0.2, -0.15) is 0 Å². The van der Waals surface area contributed by atoms with Gasteiger partial charge in [0.05, 0.1) is 0 Å². The van der Waals surface area contributed by atoms with Gasteiger partial charge in [0.2, 0.25) is 0 Å². The van der Waals surface area contributed by atoms with Gasteiger partial charge in [0.1, 0.15) is 5.60 Å². The molecule has 3 nitrogen and oxygen atoms in total. The van der Waals surface area contributed by atoms with Crippen LogP contribution in [0.4, 0.5) is 5.69 Å². The van der Waals surface area contributed by atoms with Crippen molar-refractivity contribution in [1.29, 1.82) is 0 Å². The molecule has 0 aliphatic rings. The summed E-state index contributed by atoms with van der Waals surface area (Å²) in [7, 11) is 1.53. The van der Waals surface area contributed by atoms with E-state index in [-0.39, 0.29) is 5.91 Å². The molecule has 0 bridgehead atoms. The standard InChI is InChI=1S/C14H21NO2/c1-6-11-7-8-12(9-10(11)2)15-13(16)14(3,4)17-5/h7-9H,6H2,1-5H3,(H,15,16). The molecular formula is C14H21NO2. The Morgan fingerprint density at radius 1 is 1.41 bits per heavy atom. The summed E-state index contributed by atoms with van der Waals surface area (Å²) in [6, 6.07) is 5.96. The summed E-state index contributed by atoms with van der Waals surface area (Å²) in [5.41, 5.74) is 2.50. The third-order valence-electron chi connectivity index (χ3n) is 3.04. The number of benzene rings is 1. The van der Waals surface area contributed by atoms with Gasteiger partial charge in [-0.25, -0.2) is 0 Å². The smallest absolute Gasteiger partial charge is 0.256 e. The summed E-state index contributed by atoms with van der Waals surface area (Å²) in [6.07, 6.45) is 1.00. The van der Waals surface area contributed by atoms with E-state index in [4.69, 9.17) is 4.74 Å². The lowest BCUT2D eigenvalue weighted by molar-refractivity contribution is -0.133. The maximum absolute atomic E-state index is 11.9. The Hall–Kier alpha value is -1.35. The fourth-order valence-electron chi connectivity index (χ4n) is 1.54. The van der Waals surface area contributed by atoms with Crippen LogP contribution in [0.15, 0.2) is 18.2 Å². The number of ether oxygens (including phenoxy) is 1. The molecule has 94 valence electrons. The van der Waals surface area contributed by atoms with E-state index in [9.17, 15) is 4.79 Å². The van der Waals surface area contributed by atoms with Crippen molar-refractivity contribution in [1.82, 2.24) is 0 Å². The molecule has 0 aliphatic heterocycles. The Morgan fingerprint density at radius 2 is 2.06 bits per heavy atom. The van der Waals surface area contributed by atoms with Crippen molar-refractivity contribution in [2.75, 3.05) is 12.4 Å². The fourth-order valence-corrected chi connectivity index (χ4v) is 1.54. The third-order valence-corrected chi connectivity index (χ3v) is 3.04. The molecule has 1 rings (SSSR count). The van der Waals surface area contributed by atoms with Gasteiger partial charge < -0.3 is 10.1 Å². The largest absolute Gasteiger partial charge is 0.369 e. The van der Waals surface area contributed by atoms with Gasteiger partial charge in [-0.15, -0.1) is 0 Å². The number of carbonyl (C=O) groups excluding carboxylic acids is 1. The fraction of sp³-hybridized carbons (Fsp3) is 0.500. The average Bonchev–Trinajstić information content (AvgIpc) is 2.29. The summed E-state index contributed by atoms with van der Waals surface area (Å²) in [5.74, 6) is -0.136. The second kappa shape index (κ2) is 5.32. The molecule has 17 heavy (non-hydrogen) atoms. The molecule has 0 saturated carbocycles. The first-order chi connectivity index (χ1) is 7.90. The molecule has 1 N–H and O–H groups in total. The van der Waals surface area contributed by atoms with E-state index >= 15 is 0 Å². The Labute approximate surface area is 103 Å². The van der Waals surface area contributed by atoms with Crippen LogP contribution in [0.25, 0.3) is 0 Å². The molecule has 0 unspecified atom stereocenters. The van der Waals surface area contributed by atoms with E-state index in [1.165, 1.54) is 18.2 Å². The van der Waals surface area contributed by atoms with Crippen molar-refractivity contribution in [3.8, 4) is 0 Å². The van der Waals surface area contributed by atoms with E-state index in [1.54, 1.807) is 13.8 Å². The molecule has 0 heterocycles. The highest BCUT2D eigenvalue weighted by molar-refractivity contribution is 5.96. The van der Waals surface area contributed by atoms with Gasteiger partial charge in [-0.1, -0.05) is 13.0 Å². The monoisotopic (exact) mass is 235 g/mol. The van der Waals surface area contributed by atoms with Crippen LogP contribution in [0.1, 0.15) is 31.9 Å². The number of rotatable bonds is 4. The Balaban J connectivity index is 2.83. The van der Waals surface area contributed by atoms with Crippen LogP contribution >= 0.6 is 0 Å². The quantitative estimate of drug-likeness (QED) is 0.871. The minimum absolute atomic E-state index is 0.136. The molecule has 0 aromatic heterocycles. The van der Waals surface area contributed by atoms with E-state index < -0.39 is 5.60 Å². The van der Waals surface area contributed by atoms with Crippen LogP contribution in [0, 0.1) is 6.92 Å². The molecule has 0 fully saturated rings. The minimum Gasteiger partial charge on any atom is -0.369 e. The molecule has 0 spiro atoms. The lowest BCUT2D eigenvalue weighted by atomic mass is 10.0. The zero-order valence-corrected chi connectivity index (χ0v) is 11.3. The highest BCUT2D eigenvalue weighted by Gasteiger charge is 2.26. The van der Waals surface area contributed by atoms with Crippen molar-refractivity contribution in [2.45, 2.75) is 39.7 Å². The van der Waals surface area contributed by atoms with Gasteiger partial charge in [0, 0.05) is 12.8 Å². The SMILES string of the molecule is CCc1ccc(NC(=O)C(C)(C)OC)cc1C. The Morgan fingerprint density at radius 3 is 2.53 bits per heavy atom. The topological polar surface area (TPSA) is 38.3 Å². The highest BCUT2D eigenvalue weighted by atomic mass is 16.5. The number of anilines is 1. The second-order valence-corrected chi connectivity index (χ2v) is 4.66. The highest BCUT2D eigenvalue weighted by Crippen LogP contribution is 2.18. The summed E-state index contributed by atoms with van der Waals surface area (Å²) < 4.78 is 5.13. The average molecular weight is 235 g/mol. The van der Waals surface area contributed by atoms with Gasteiger partial charge >= 0.3 is 0 Å². The maximum atomic E-state index is 11.9. The summed E-state index contributed by atoms with van der Waals surface area (Å²) in [6.45, 7) is 7.66. The van der Waals surface area contributed by atoms with E-state index in [0.717, 1.165) is 12.1 Å². The Kier molecular flexibility index (Phi) is 4.29. The lowest BCUT2D eigenvalue weighted by Gasteiger charge is -2.22. The van der Waals surface area contributed by atoms with Crippen LogP contribution in [0.3, 0.4) is 0 Å². The van der Waals surface area contributed by atoms with Crippen molar-refractivity contribution >= 4 is 11.6 Å². The number of amides is 1. The number of carbonyl (C=O) groups is 1. The van der Waals surface area contributed by atoms with Gasteiger partial charge in [0.15, 0.2) is 0 Å². The van der Waals surface area contributed by atoms with Crippen LogP contribution < -0.4 is 5.32 Å². The first-order valence-electron chi connectivity index (χ1n) is 5.87. The van der Waals surface area contributed by atoms with E-state index in [2.05, 4.69) is 19.2 Å². The maximum Gasteiger partial charge on any atom is 0.256 e. The first-order valence-corrected chi connectivity index (χ1v) is 5.87. The van der Waals surface area contributed by atoms with E-state index in [1.807, 2.05) is 18.2 Å². The summed E-state index contributed by atoms with van der Waals surface area (Å²) in [4.78, 5) is 11.9. The third kappa shape index (κ3) is 3.30. The van der Waals surface area contributed by atoms with E-state index in [0.29, 0.717) is 0 Å². The normalized spacial score (nSPS) is 11.4. The predicted molar refractivity (Wildman–Crippen MR) is 70.3 cm³/mol. The summed E-state index contributed by atoms with van der Waals surface area (Å²) in [5, 5.41) is 2.86. The molecular weight excluding hydrogens is 214 g/mol. The lowest BCUT2D eigenvalue weighted by Crippen LogP contribution is -2.38. The summed E-state index contributed by atoms with van der Waals surface area (Å²) >= 11 is 0. The van der Waals surface area contributed by atoms with Gasteiger partial charge in [0.25, 0.3) is 5.91 Å². The Bertz CT molecular complexity index is 411. The number of methoxy groups -OCH3 is 1. The number of aryl methyl sites for hydroxylation is 2. The number of nitrogens with one attached hydrogen (secondary N) is 1. The van der Waals surface area contributed by atoms with Gasteiger partial charge in [-0.3, -0.25) is 4.79 Å². The molecule has 1 aromatic carbocycles. The molecule has 1 amide bonds. The number of hydrogen-bond acceptors (Lipinski definition) is 2. The zero-order chi connectivity index (χ0) is 13.1. The molecule has 0 radical (unpaired) electrons. The molecule has 0 saturated heterocycles. The van der Waals surface area contributed by atoms with Crippen LogP contribution in [-0.2, 0) is 16.0 Å². The molecule has 0 atom stereocenters. The second-order valence-electron chi connectivity index (χ2n) is 4.66. The molecule has 1 aromatic rings. The zero-order valence-electron chi connectivity index (χ0n) is 11.3. The van der Waals surface area contributed by atoms with Crippen molar-refractivity contribution < 1.29 is 9.53 Å². The van der Waals surface area contributed by atoms with Crippen LogP contribution in [0.2, 0.25) is 0 Å². The van der Waals surface area contributed by atoms with Crippen molar-refractivity contribution in [2.24, 2.45) is 0 Å². The predicted octanol–water partition coefficient (Wildman–Crippen LogP) is 2.92. The van der Waals surface area contributed by atoms with Crippen molar-refractivity contribution in [3.63, 3.8) is 0 Å². The van der Waals surface area contributed by atoms with Gasteiger partial charge in [-0.05, 0) is 50.5 Å². The minimum atomic E-state index is -0.808. The van der Waals surface area contributed by atoms with Crippen LogP contribution in [0.5, 0.6) is 0 Å².